The number of carbonyl (C=O) groups is 1. The van der Waals surface area contributed by atoms with Gasteiger partial charge in [-0.1, -0.05) is 42.5 Å². The summed E-state index contributed by atoms with van der Waals surface area (Å²) < 4.78 is 37.2. The van der Waals surface area contributed by atoms with Gasteiger partial charge in [-0.05, 0) is 23.8 Å². The monoisotopic (exact) mass is 416 g/mol. The van der Waals surface area contributed by atoms with Gasteiger partial charge in [-0.25, -0.2) is 8.42 Å². The van der Waals surface area contributed by atoms with Crippen molar-refractivity contribution in [2.75, 3.05) is 39.9 Å². The van der Waals surface area contributed by atoms with Crippen LogP contribution >= 0.6 is 0 Å². The molecule has 0 atom stereocenters. The Morgan fingerprint density at radius 1 is 0.966 bits per heavy atom. The third-order valence-electron chi connectivity index (χ3n) is 4.60. The largest absolute Gasteiger partial charge is 0.493 e. The van der Waals surface area contributed by atoms with Crippen LogP contribution in [0.5, 0.6) is 11.5 Å². The number of piperazine rings is 1. The lowest BCUT2D eigenvalue weighted by atomic mass is 10.2. The third-order valence-corrected chi connectivity index (χ3v) is 6.17. The highest BCUT2D eigenvalue weighted by molar-refractivity contribution is 7.92. The topological polar surface area (TPSA) is 76.2 Å². The lowest BCUT2D eigenvalue weighted by Gasteiger charge is -2.33. The number of nitrogens with zero attached hydrogens (tertiary/aromatic N) is 2. The molecule has 3 rings (SSSR count). The Hall–Kier alpha value is -2.84. The molecule has 1 aliphatic heterocycles. The van der Waals surface area contributed by atoms with Crippen LogP contribution in [0.15, 0.2) is 60.0 Å². The molecule has 8 heteroatoms. The van der Waals surface area contributed by atoms with E-state index in [0.717, 1.165) is 5.56 Å². The Kier molecular flexibility index (Phi) is 6.90. The first-order valence-corrected chi connectivity index (χ1v) is 10.8. The molecule has 1 amide bonds. The maximum atomic E-state index is 12.5. The van der Waals surface area contributed by atoms with Crippen LogP contribution in [0.2, 0.25) is 0 Å². The zero-order chi connectivity index (χ0) is 20.7. The maximum absolute atomic E-state index is 12.5. The van der Waals surface area contributed by atoms with E-state index in [1.165, 1.54) is 16.8 Å². The summed E-state index contributed by atoms with van der Waals surface area (Å²) in [5.74, 6) is 0.866. The van der Waals surface area contributed by atoms with Gasteiger partial charge in [-0.15, -0.1) is 0 Å². The molecule has 0 aromatic heterocycles. The van der Waals surface area contributed by atoms with Gasteiger partial charge < -0.3 is 14.4 Å². The van der Waals surface area contributed by atoms with Crippen LogP contribution in [0.25, 0.3) is 6.08 Å². The summed E-state index contributed by atoms with van der Waals surface area (Å²) in [4.78, 5) is 14.0. The van der Waals surface area contributed by atoms with Crippen LogP contribution in [0.4, 0.5) is 0 Å². The van der Waals surface area contributed by atoms with Gasteiger partial charge in [-0.3, -0.25) is 4.79 Å². The Bertz CT molecular complexity index is 952. The van der Waals surface area contributed by atoms with Crippen LogP contribution in [0.3, 0.4) is 0 Å². The standard InChI is InChI=1S/C21H24N2O5S/c1-27-19-9-5-6-10-20(19)28-17-21(24)22-12-14-23(15-13-22)29(25,26)16-11-18-7-3-2-4-8-18/h2-11,16H,12-15,17H2,1H3/b16-11+. The van der Waals surface area contributed by atoms with Crippen molar-refractivity contribution in [2.45, 2.75) is 0 Å². The summed E-state index contributed by atoms with van der Waals surface area (Å²) in [5.41, 5.74) is 0.818. The molecule has 0 saturated carbocycles. The van der Waals surface area contributed by atoms with Crippen LogP contribution in [-0.2, 0) is 14.8 Å². The van der Waals surface area contributed by atoms with E-state index in [0.29, 0.717) is 24.6 Å². The Morgan fingerprint density at radius 2 is 1.59 bits per heavy atom. The number of carbonyl (C=O) groups excluding carboxylic acids is 1. The van der Waals surface area contributed by atoms with Crippen LogP contribution in [0, 0.1) is 0 Å². The summed E-state index contributed by atoms with van der Waals surface area (Å²) >= 11 is 0. The van der Waals surface area contributed by atoms with E-state index in [9.17, 15) is 13.2 Å². The number of sulfonamides is 1. The molecule has 0 aliphatic carbocycles. The Morgan fingerprint density at radius 3 is 2.24 bits per heavy atom. The fourth-order valence-electron chi connectivity index (χ4n) is 2.98. The van der Waals surface area contributed by atoms with E-state index in [4.69, 9.17) is 9.47 Å². The van der Waals surface area contributed by atoms with Gasteiger partial charge in [0.2, 0.25) is 10.0 Å². The van der Waals surface area contributed by atoms with Crippen LogP contribution in [0.1, 0.15) is 5.56 Å². The van der Waals surface area contributed by atoms with Crippen molar-refractivity contribution in [2.24, 2.45) is 0 Å². The average Bonchev–Trinajstić information content (AvgIpc) is 2.77. The van der Waals surface area contributed by atoms with Crippen molar-refractivity contribution in [3.05, 3.63) is 65.6 Å². The first-order valence-electron chi connectivity index (χ1n) is 9.26. The van der Waals surface area contributed by atoms with Gasteiger partial charge in [0.25, 0.3) is 5.91 Å². The molecule has 1 aliphatic rings. The molecule has 0 spiro atoms. The molecule has 0 N–H and O–H groups in total. The Labute approximate surface area is 171 Å². The number of hydrogen-bond acceptors (Lipinski definition) is 5. The first-order chi connectivity index (χ1) is 14.0. The molecule has 0 unspecified atom stereocenters. The molecular weight excluding hydrogens is 392 g/mol. The van der Waals surface area contributed by atoms with Gasteiger partial charge in [0, 0.05) is 31.6 Å². The van der Waals surface area contributed by atoms with Gasteiger partial charge in [-0.2, -0.15) is 4.31 Å². The summed E-state index contributed by atoms with van der Waals surface area (Å²) in [7, 11) is -1.99. The van der Waals surface area contributed by atoms with E-state index < -0.39 is 10.0 Å². The van der Waals surface area contributed by atoms with Crippen molar-refractivity contribution in [3.63, 3.8) is 0 Å². The highest BCUT2D eigenvalue weighted by atomic mass is 32.2. The van der Waals surface area contributed by atoms with Crippen molar-refractivity contribution < 1.29 is 22.7 Å². The van der Waals surface area contributed by atoms with E-state index in [2.05, 4.69) is 0 Å². The molecular formula is C21H24N2O5S. The van der Waals surface area contributed by atoms with Crippen LogP contribution < -0.4 is 9.47 Å². The summed E-state index contributed by atoms with van der Waals surface area (Å²) in [5, 5.41) is 1.21. The van der Waals surface area contributed by atoms with E-state index in [1.54, 1.807) is 29.2 Å². The highest BCUT2D eigenvalue weighted by Gasteiger charge is 2.27. The summed E-state index contributed by atoms with van der Waals surface area (Å²) in [6, 6.07) is 16.4. The maximum Gasteiger partial charge on any atom is 0.260 e. The number of benzene rings is 2. The second-order valence-corrected chi connectivity index (χ2v) is 8.30. The zero-order valence-electron chi connectivity index (χ0n) is 16.2. The number of ether oxygens (including phenoxy) is 2. The number of amides is 1. The van der Waals surface area contributed by atoms with E-state index in [1.807, 2.05) is 36.4 Å². The highest BCUT2D eigenvalue weighted by Crippen LogP contribution is 2.25. The number of rotatable bonds is 7. The predicted molar refractivity (Wildman–Crippen MR) is 111 cm³/mol. The smallest absolute Gasteiger partial charge is 0.260 e. The average molecular weight is 416 g/mol. The molecule has 0 radical (unpaired) electrons. The molecule has 154 valence electrons. The lowest BCUT2D eigenvalue weighted by molar-refractivity contribution is -0.134. The van der Waals surface area contributed by atoms with Crippen molar-refractivity contribution in [1.29, 1.82) is 0 Å². The zero-order valence-corrected chi connectivity index (χ0v) is 17.0. The van der Waals surface area contributed by atoms with Gasteiger partial charge >= 0.3 is 0 Å². The van der Waals surface area contributed by atoms with Crippen LogP contribution in [-0.4, -0.2) is 63.4 Å². The second kappa shape index (κ2) is 9.58. The normalized spacial score (nSPS) is 15.4. The molecule has 0 bridgehead atoms. The van der Waals surface area contributed by atoms with Gasteiger partial charge in [0.05, 0.1) is 7.11 Å². The fourth-order valence-corrected chi connectivity index (χ4v) is 4.15. The van der Waals surface area contributed by atoms with Gasteiger partial charge in [0.1, 0.15) is 0 Å². The Balaban J connectivity index is 1.51. The molecule has 1 saturated heterocycles. The number of hydrogen-bond donors (Lipinski definition) is 0. The fraction of sp³-hybridized carbons (Fsp3) is 0.286. The molecule has 29 heavy (non-hydrogen) atoms. The molecule has 1 heterocycles. The number of para-hydroxylation sites is 2. The van der Waals surface area contributed by atoms with E-state index in [-0.39, 0.29) is 25.6 Å². The molecule has 2 aromatic rings. The third kappa shape index (κ3) is 5.58. The van der Waals surface area contributed by atoms with Gasteiger partial charge in [0.15, 0.2) is 18.1 Å². The minimum atomic E-state index is -3.53. The summed E-state index contributed by atoms with van der Waals surface area (Å²) in [6.45, 7) is 1.03. The van der Waals surface area contributed by atoms with E-state index >= 15 is 0 Å². The van der Waals surface area contributed by atoms with Crippen molar-refractivity contribution >= 4 is 22.0 Å². The molecule has 1 fully saturated rings. The minimum Gasteiger partial charge on any atom is -0.493 e. The predicted octanol–water partition coefficient (Wildman–Crippen LogP) is 2.22. The molecule has 2 aromatic carbocycles. The quantitative estimate of drug-likeness (QED) is 0.692. The molecule has 7 nitrogen and oxygen atoms in total. The minimum absolute atomic E-state index is 0.124. The first kappa shape index (κ1) is 20.9. The van der Waals surface area contributed by atoms with Crippen molar-refractivity contribution in [3.8, 4) is 11.5 Å². The SMILES string of the molecule is COc1ccccc1OCC(=O)N1CCN(S(=O)(=O)/C=C/c2ccccc2)CC1. The lowest BCUT2D eigenvalue weighted by Crippen LogP contribution is -2.51. The number of methoxy groups -OCH3 is 1. The summed E-state index contributed by atoms with van der Waals surface area (Å²) in [6.07, 6.45) is 1.58. The second-order valence-electron chi connectivity index (χ2n) is 6.48. The van der Waals surface area contributed by atoms with Crippen molar-refractivity contribution in [1.82, 2.24) is 9.21 Å².